The lowest BCUT2D eigenvalue weighted by atomic mass is 9.97. The summed E-state index contributed by atoms with van der Waals surface area (Å²) in [5.74, 6) is 0. The van der Waals surface area contributed by atoms with Crippen LogP contribution < -0.4 is 20.8 Å². The Hall–Kier alpha value is -2.58. The molecule has 0 aromatic heterocycles. The fourth-order valence-corrected chi connectivity index (χ4v) is 14.7. The first-order valence-corrected chi connectivity index (χ1v) is 19.8. The van der Waals surface area contributed by atoms with Crippen LogP contribution in [0.15, 0.2) is 125 Å². The third kappa shape index (κ3) is 5.26. The van der Waals surface area contributed by atoms with Crippen molar-refractivity contribution in [2.75, 3.05) is 0 Å². The van der Waals surface area contributed by atoms with E-state index in [1.54, 1.807) is 0 Å². The first-order valence-electron chi connectivity index (χ1n) is 14.4. The lowest BCUT2D eigenvalue weighted by Crippen LogP contribution is -2.66. The van der Waals surface area contributed by atoms with Crippen molar-refractivity contribution in [1.82, 2.24) is 0 Å². The van der Waals surface area contributed by atoms with Crippen molar-refractivity contribution in [2.24, 2.45) is 0 Å². The second-order valence-corrected chi connectivity index (χ2v) is 20.2. The van der Waals surface area contributed by atoms with E-state index >= 15 is 0 Å². The monoisotopic (exact) mass is 648 g/mol. The lowest BCUT2D eigenvalue weighted by molar-refractivity contribution is 0.286. The van der Waals surface area contributed by atoms with Crippen LogP contribution in [0.5, 0.6) is 0 Å². The van der Waals surface area contributed by atoms with Crippen LogP contribution in [0, 0.1) is 0 Å². The van der Waals surface area contributed by atoms with Gasteiger partial charge in [0.15, 0.2) is 0 Å². The number of benzene rings is 5. The van der Waals surface area contributed by atoms with Gasteiger partial charge in [-0.1, -0.05) is 165 Å². The third-order valence-corrected chi connectivity index (χ3v) is 17.4. The zero-order valence-electron chi connectivity index (χ0n) is 24.4. The number of thioether (sulfide) groups is 4. The van der Waals surface area contributed by atoms with Crippen molar-refractivity contribution in [3.8, 4) is 0 Å². The van der Waals surface area contributed by atoms with Crippen molar-refractivity contribution in [1.29, 1.82) is 0 Å². The van der Waals surface area contributed by atoms with Crippen molar-refractivity contribution >= 4 is 95.8 Å². The van der Waals surface area contributed by atoms with Crippen LogP contribution in [0.3, 0.4) is 0 Å². The van der Waals surface area contributed by atoms with Gasteiger partial charge in [0.2, 0.25) is 0 Å². The predicted octanol–water partition coefficient (Wildman–Crippen LogP) is 9.10. The summed E-state index contributed by atoms with van der Waals surface area (Å²) in [6, 6.07) is 37.8. The molecule has 0 unspecified atom stereocenters. The van der Waals surface area contributed by atoms with Crippen LogP contribution in [-0.4, -0.2) is 8.32 Å². The molecule has 0 saturated carbocycles. The average Bonchev–Trinajstić information content (AvgIpc) is 3.76. The first-order chi connectivity index (χ1) is 21.0. The molecular formula is C37H32OS4Si. The molecular weight excluding hydrogens is 617 g/mol. The van der Waals surface area contributed by atoms with E-state index in [1.165, 1.54) is 56.4 Å². The Bertz CT molecular complexity index is 1950. The van der Waals surface area contributed by atoms with Gasteiger partial charge in [-0.15, -0.1) is 0 Å². The van der Waals surface area contributed by atoms with E-state index in [2.05, 4.69) is 146 Å². The van der Waals surface area contributed by atoms with Crippen molar-refractivity contribution in [3.63, 3.8) is 0 Å². The van der Waals surface area contributed by atoms with E-state index in [0.717, 1.165) is 0 Å². The lowest BCUT2D eigenvalue weighted by Gasteiger charge is -2.43. The Labute approximate surface area is 271 Å². The molecule has 5 aromatic rings. The van der Waals surface area contributed by atoms with Gasteiger partial charge in [-0.25, -0.2) is 0 Å². The van der Waals surface area contributed by atoms with E-state index in [0.29, 0.717) is 6.61 Å². The number of rotatable bonds is 5. The third-order valence-electron chi connectivity index (χ3n) is 8.18. The molecule has 0 N–H and O–H groups in total. The van der Waals surface area contributed by atoms with Gasteiger partial charge in [-0.3, -0.25) is 0 Å². The Morgan fingerprint density at radius 3 is 1.47 bits per heavy atom. The van der Waals surface area contributed by atoms with E-state index in [4.69, 9.17) is 4.43 Å². The van der Waals surface area contributed by atoms with Gasteiger partial charge in [0, 0.05) is 10.4 Å². The van der Waals surface area contributed by atoms with Gasteiger partial charge < -0.3 is 4.43 Å². The Morgan fingerprint density at radius 1 is 0.535 bits per heavy atom. The largest absolute Gasteiger partial charge is 0.403 e. The average molecular weight is 649 g/mol. The first kappa shape index (κ1) is 29.1. The number of hydrogen-bond acceptors (Lipinski definition) is 5. The minimum Gasteiger partial charge on any atom is -0.403 e. The summed E-state index contributed by atoms with van der Waals surface area (Å²) in [6.45, 7) is 7.59. The Kier molecular flexibility index (Phi) is 8.18. The molecule has 0 saturated heterocycles. The molecule has 1 nitrogen and oxygen atoms in total. The van der Waals surface area contributed by atoms with Gasteiger partial charge in [-0.2, -0.15) is 0 Å². The highest BCUT2D eigenvalue weighted by Crippen LogP contribution is 2.41. The second-order valence-electron chi connectivity index (χ2n) is 11.7. The molecule has 2 aliphatic heterocycles. The predicted molar refractivity (Wildman–Crippen MR) is 199 cm³/mol. The quantitative estimate of drug-likeness (QED) is 0.138. The van der Waals surface area contributed by atoms with E-state index < -0.39 is 8.32 Å². The second kappa shape index (κ2) is 12.1. The Morgan fingerprint density at radius 2 is 0.977 bits per heavy atom. The van der Waals surface area contributed by atoms with Crippen LogP contribution in [-0.2, 0) is 11.0 Å². The zero-order valence-corrected chi connectivity index (χ0v) is 28.6. The van der Waals surface area contributed by atoms with Crippen LogP contribution in [0.1, 0.15) is 26.3 Å². The van der Waals surface area contributed by atoms with E-state index in [1.807, 2.05) is 47.0 Å². The summed E-state index contributed by atoms with van der Waals surface area (Å²) in [5.41, 5.74) is 1.21. The van der Waals surface area contributed by atoms with Crippen LogP contribution in [0.25, 0.3) is 30.0 Å². The highest BCUT2D eigenvalue weighted by molar-refractivity contribution is 8.35. The molecule has 2 heterocycles. The fraction of sp³-hybridized carbons (Fsp3) is 0.135. The van der Waals surface area contributed by atoms with Gasteiger partial charge in [0.05, 0.1) is 15.1 Å². The summed E-state index contributed by atoms with van der Waals surface area (Å²) >= 11 is 7.32. The highest BCUT2D eigenvalue weighted by atomic mass is 32.2. The molecule has 2 aliphatic rings. The molecule has 214 valence electrons. The normalized spacial score (nSPS) is 15.3. The van der Waals surface area contributed by atoms with Crippen LogP contribution >= 0.6 is 47.0 Å². The van der Waals surface area contributed by atoms with Gasteiger partial charge in [0.1, 0.15) is 0 Å². The molecule has 0 atom stereocenters. The molecule has 0 spiro atoms. The minimum absolute atomic E-state index is 0.0692. The number of fused-ring (bicyclic) bond motifs is 2. The summed E-state index contributed by atoms with van der Waals surface area (Å²) in [4.78, 5) is 0. The summed E-state index contributed by atoms with van der Waals surface area (Å²) in [7, 11) is -2.66. The molecule has 0 bridgehead atoms. The summed E-state index contributed by atoms with van der Waals surface area (Å²) < 4.78 is 10.1. The fourth-order valence-electron chi connectivity index (χ4n) is 6.36. The number of hydrogen-bond donors (Lipinski definition) is 0. The zero-order chi connectivity index (χ0) is 29.4. The molecule has 7 rings (SSSR count). The van der Waals surface area contributed by atoms with Crippen LogP contribution in [0.4, 0.5) is 0 Å². The molecule has 43 heavy (non-hydrogen) atoms. The molecule has 0 radical (unpaired) electrons. The van der Waals surface area contributed by atoms with Gasteiger partial charge in [-0.05, 0) is 70.2 Å². The maximum atomic E-state index is 7.37. The van der Waals surface area contributed by atoms with Crippen molar-refractivity contribution in [3.05, 3.63) is 141 Å². The molecule has 0 amide bonds. The standard InChI is InChI=1S/C37H32OS4Si/c1-37(2,3)43(27-12-6-4-7-13-27,28-14-8-5-9-15-28)38-25-26-18-19-31-32(24-26)34(36-41-22-23-42-36)30-17-11-10-16-29(30)33(31)35-39-20-21-40-35/h4-24H,25H2,1-3H3. The van der Waals surface area contributed by atoms with Gasteiger partial charge >= 0.3 is 0 Å². The summed E-state index contributed by atoms with van der Waals surface area (Å²) in [6.07, 6.45) is 0. The Balaban J connectivity index is 1.44. The van der Waals surface area contributed by atoms with Crippen molar-refractivity contribution < 1.29 is 4.43 Å². The van der Waals surface area contributed by atoms with Gasteiger partial charge in [0.25, 0.3) is 8.32 Å². The van der Waals surface area contributed by atoms with Crippen molar-refractivity contribution in [2.45, 2.75) is 32.4 Å². The maximum absolute atomic E-state index is 7.37. The topological polar surface area (TPSA) is 9.23 Å². The highest BCUT2D eigenvalue weighted by Gasteiger charge is 2.50. The maximum Gasteiger partial charge on any atom is 0.261 e. The molecule has 0 aliphatic carbocycles. The molecule has 5 aromatic carbocycles. The SMILES string of the molecule is CC(C)(C)[Si](OCc1ccc2c(=C3SC=CS3)c3ccccc3c(=C3SC=CS3)c2c1)(c1ccccc1)c1ccccc1. The van der Waals surface area contributed by atoms with E-state index in [-0.39, 0.29) is 5.04 Å². The smallest absolute Gasteiger partial charge is 0.261 e. The summed E-state index contributed by atoms with van der Waals surface area (Å²) in [5, 5.41) is 19.3. The minimum atomic E-state index is -2.66. The molecule has 0 fully saturated rings. The molecule has 6 heteroatoms. The van der Waals surface area contributed by atoms with Crippen LogP contribution in [0.2, 0.25) is 5.04 Å². The van der Waals surface area contributed by atoms with E-state index in [9.17, 15) is 0 Å².